The Morgan fingerprint density at radius 3 is 2.13 bits per heavy atom. The topological polar surface area (TPSA) is 86.8 Å². The van der Waals surface area contributed by atoms with Crippen LogP contribution < -0.4 is 9.62 Å². The van der Waals surface area contributed by atoms with Gasteiger partial charge in [-0.1, -0.05) is 79.6 Å². The van der Waals surface area contributed by atoms with E-state index in [1.54, 1.807) is 37.3 Å². The second-order valence-electron chi connectivity index (χ2n) is 10.1. The predicted molar refractivity (Wildman–Crippen MR) is 154 cm³/mol. The summed E-state index contributed by atoms with van der Waals surface area (Å²) in [5.41, 5.74) is 2.19. The van der Waals surface area contributed by atoms with Gasteiger partial charge in [0.1, 0.15) is 12.6 Å². The molecule has 0 aliphatic heterocycles. The Morgan fingerprint density at radius 2 is 1.49 bits per heavy atom. The monoisotopic (exact) mass is 547 g/mol. The lowest BCUT2D eigenvalue weighted by Crippen LogP contribution is -2.53. The van der Waals surface area contributed by atoms with Crippen molar-refractivity contribution in [3.8, 4) is 0 Å². The minimum Gasteiger partial charge on any atom is -0.352 e. The van der Waals surface area contributed by atoms with E-state index in [9.17, 15) is 18.0 Å². The molecule has 8 heteroatoms. The van der Waals surface area contributed by atoms with Crippen molar-refractivity contribution in [1.29, 1.82) is 0 Å². The number of nitrogens with zero attached hydrogens (tertiary/aromatic N) is 2. The third-order valence-electron chi connectivity index (χ3n) is 7.35. The fraction of sp³-hybridized carbons (Fsp3) is 0.355. The maximum Gasteiger partial charge on any atom is 0.264 e. The fourth-order valence-corrected chi connectivity index (χ4v) is 6.54. The fourth-order valence-electron chi connectivity index (χ4n) is 5.04. The lowest BCUT2D eigenvalue weighted by molar-refractivity contribution is -0.139. The first-order valence-corrected chi connectivity index (χ1v) is 15.0. The van der Waals surface area contributed by atoms with Crippen LogP contribution in [0.1, 0.15) is 43.7 Å². The maximum atomic E-state index is 14.0. The highest BCUT2D eigenvalue weighted by Gasteiger charge is 2.33. The minimum absolute atomic E-state index is 0.101. The minimum atomic E-state index is -4.05. The van der Waals surface area contributed by atoms with Crippen LogP contribution in [-0.4, -0.2) is 50.3 Å². The Labute approximate surface area is 231 Å². The number of hydrogen-bond donors (Lipinski definition) is 1. The van der Waals surface area contributed by atoms with E-state index < -0.39 is 28.5 Å². The Morgan fingerprint density at radius 1 is 0.897 bits per heavy atom. The van der Waals surface area contributed by atoms with Gasteiger partial charge in [-0.3, -0.25) is 13.9 Å². The maximum absolute atomic E-state index is 14.0. The highest BCUT2D eigenvalue weighted by atomic mass is 32.2. The average Bonchev–Trinajstić information content (AvgIpc) is 3.46. The van der Waals surface area contributed by atoms with E-state index >= 15 is 0 Å². The molecule has 0 heterocycles. The SMILES string of the molecule is Cc1ccccc1N(CC(=O)N(CCc1ccccc1)[C@H](C)C(=O)NC1CCCC1)S(=O)(=O)c1ccccc1. The zero-order valence-corrected chi connectivity index (χ0v) is 23.4. The number of hydrogen-bond acceptors (Lipinski definition) is 4. The Balaban J connectivity index is 1.64. The van der Waals surface area contributed by atoms with Gasteiger partial charge in [0.15, 0.2) is 0 Å². The van der Waals surface area contributed by atoms with E-state index in [0.29, 0.717) is 12.1 Å². The van der Waals surface area contributed by atoms with E-state index in [4.69, 9.17) is 0 Å². The molecule has 0 bridgehead atoms. The predicted octanol–water partition coefficient (Wildman–Crippen LogP) is 4.71. The van der Waals surface area contributed by atoms with E-state index in [-0.39, 0.29) is 23.4 Å². The Kier molecular flexibility index (Phi) is 9.41. The van der Waals surface area contributed by atoms with Crippen LogP contribution in [-0.2, 0) is 26.0 Å². The molecule has 0 spiro atoms. The van der Waals surface area contributed by atoms with E-state index in [1.165, 1.54) is 17.0 Å². The summed E-state index contributed by atoms with van der Waals surface area (Å²) in [7, 11) is -4.05. The Hall–Kier alpha value is -3.65. The molecule has 39 heavy (non-hydrogen) atoms. The molecule has 3 aromatic rings. The lowest BCUT2D eigenvalue weighted by atomic mass is 10.1. The van der Waals surface area contributed by atoms with Crippen LogP contribution in [0.5, 0.6) is 0 Å². The highest BCUT2D eigenvalue weighted by Crippen LogP contribution is 2.27. The molecule has 1 aliphatic carbocycles. The van der Waals surface area contributed by atoms with Gasteiger partial charge < -0.3 is 10.2 Å². The first-order chi connectivity index (χ1) is 18.8. The third kappa shape index (κ3) is 7.06. The standard InChI is InChI=1S/C31H37N3O4S/c1-24-13-9-12-20-29(24)34(39(37,38)28-18-7-4-8-19-28)23-30(35)33(22-21-26-14-5-3-6-15-26)25(2)31(36)32-27-16-10-11-17-27/h3-9,12-15,18-20,25,27H,10-11,16-17,21-23H2,1-2H3,(H,32,36)/t25-/m1/s1. The smallest absolute Gasteiger partial charge is 0.264 e. The number of rotatable bonds is 11. The molecule has 3 aromatic carbocycles. The normalized spacial score (nSPS) is 14.5. The van der Waals surface area contributed by atoms with Crippen LogP contribution in [0.15, 0.2) is 89.8 Å². The number of aryl methyl sites for hydroxylation is 1. The van der Waals surface area contributed by atoms with Crippen LogP contribution in [0.3, 0.4) is 0 Å². The zero-order chi connectivity index (χ0) is 27.8. The molecule has 1 atom stereocenters. The number of nitrogens with one attached hydrogen (secondary N) is 1. The summed E-state index contributed by atoms with van der Waals surface area (Å²) in [6.45, 7) is 3.40. The van der Waals surface area contributed by atoms with Gasteiger partial charge in [-0.25, -0.2) is 8.42 Å². The molecule has 1 aliphatic rings. The van der Waals surface area contributed by atoms with Crippen molar-refractivity contribution < 1.29 is 18.0 Å². The van der Waals surface area contributed by atoms with Crippen molar-refractivity contribution in [2.45, 2.75) is 62.9 Å². The summed E-state index contributed by atoms with van der Waals surface area (Å²) in [6, 6.07) is 24.3. The van der Waals surface area contributed by atoms with Gasteiger partial charge in [0.2, 0.25) is 11.8 Å². The lowest BCUT2D eigenvalue weighted by Gasteiger charge is -2.33. The molecule has 206 valence electrons. The van der Waals surface area contributed by atoms with Crippen molar-refractivity contribution in [3.63, 3.8) is 0 Å². The number of para-hydroxylation sites is 1. The highest BCUT2D eigenvalue weighted by molar-refractivity contribution is 7.92. The van der Waals surface area contributed by atoms with Crippen molar-refractivity contribution >= 4 is 27.5 Å². The number of carbonyl (C=O) groups excluding carboxylic acids is 2. The van der Waals surface area contributed by atoms with Gasteiger partial charge in [0, 0.05) is 12.6 Å². The summed E-state index contributed by atoms with van der Waals surface area (Å²) in [4.78, 5) is 28.8. The average molecular weight is 548 g/mol. The first kappa shape index (κ1) is 28.4. The summed E-state index contributed by atoms with van der Waals surface area (Å²) in [5.74, 6) is -0.639. The second kappa shape index (κ2) is 12.9. The van der Waals surface area contributed by atoms with E-state index in [1.807, 2.05) is 49.4 Å². The molecule has 1 saturated carbocycles. The molecule has 0 saturated heterocycles. The van der Waals surface area contributed by atoms with Gasteiger partial charge in [-0.2, -0.15) is 0 Å². The number of benzene rings is 3. The van der Waals surface area contributed by atoms with Crippen molar-refractivity contribution in [2.24, 2.45) is 0 Å². The molecule has 0 unspecified atom stereocenters. The van der Waals surface area contributed by atoms with Crippen LogP contribution in [0.4, 0.5) is 5.69 Å². The third-order valence-corrected chi connectivity index (χ3v) is 9.12. The molecule has 0 aromatic heterocycles. The molecular formula is C31H37N3O4S. The summed E-state index contributed by atoms with van der Waals surface area (Å²) >= 11 is 0. The second-order valence-corrected chi connectivity index (χ2v) is 12.0. The molecular weight excluding hydrogens is 510 g/mol. The summed E-state index contributed by atoms with van der Waals surface area (Å²) in [5, 5.41) is 3.10. The van der Waals surface area contributed by atoms with Gasteiger partial charge in [-0.05, 0) is 62.4 Å². The van der Waals surface area contributed by atoms with Gasteiger partial charge >= 0.3 is 0 Å². The molecule has 7 nitrogen and oxygen atoms in total. The van der Waals surface area contributed by atoms with Gasteiger partial charge in [0.25, 0.3) is 10.0 Å². The summed E-state index contributed by atoms with van der Waals surface area (Å²) < 4.78 is 28.8. The van der Waals surface area contributed by atoms with E-state index in [0.717, 1.165) is 41.1 Å². The van der Waals surface area contributed by atoms with Crippen LogP contribution in [0.25, 0.3) is 0 Å². The van der Waals surface area contributed by atoms with Gasteiger partial charge in [-0.15, -0.1) is 0 Å². The molecule has 1 fully saturated rings. The number of anilines is 1. The zero-order valence-electron chi connectivity index (χ0n) is 22.6. The number of carbonyl (C=O) groups is 2. The molecule has 0 radical (unpaired) electrons. The first-order valence-electron chi connectivity index (χ1n) is 13.5. The van der Waals surface area contributed by atoms with Crippen molar-refractivity contribution in [2.75, 3.05) is 17.4 Å². The summed E-state index contributed by atoms with van der Waals surface area (Å²) in [6.07, 6.45) is 4.58. The van der Waals surface area contributed by atoms with Crippen LogP contribution >= 0.6 is 0 Å². The van der Waals surface area contributed by atoms with Crippen molar-refractivity contribution in [1.82, 2.24) is 10.2 Å². The van der Waals surface area contributed by atoms with Gasteiger partial charge in [0.05, 0.1) is 10.6 Å². The molecule has 1 N–H and O–H groups in total. The molecule has 4 rings (SSSR count). The van der Waals surface area contributed by atoms with Crippen LogP contribution in [0.2, 0.25) is 0 Å². The number of sulfonamides is 1. The van der Waals surface area contributed by atoms with Crippen LogP contribution in [0, 0.1) is 6.92 Å². The quantitative estimate of drug-likeness (QED) is 0.377. The molecule has 2 amide bonds. The largest absolute Gasteiger partial charge is 0.352 e. The Bertz CT molecular complexity index is 1360. The number of amides is 2. The van der Waals surface area contributed by atoms with E-state index in [2.05, 4.69) is 5.32 Å². The van der Waals surface area contributed by atoms with Crippen molar-refractivity contribution in [3.05, 3.63) is 96.1 Å².